The molecule has 3 nitrogen and oxygen atoms in total. The fourth-order valence-electron chi connectivity index (χ4n) is 1.53. The van der Waals surface area contributed by atoms with Crippen LogP contribution < -0.4 is 9.84 Å². The van der Waals surface area contributed by atoms with Crippen LogP contribution >= 0.6 is 11.6 Å². The number of halogens is 1. The van der Waals surface area contributed by atoms with Crippen molar-refractivity contribution in [2.45, 2.75) is 0 Å². The second-order valence-electron chi connectivity index (χ2n) is 3.75. The third-order valence-corrected chi connectivity index (χ3v) is 2.58. The van der Waals surface area contributed by atoms with Crippen LogP contribution in [0.5, 0.6) is 11.5 Å². The number of para-hydroxylation sites is 1. The van der Waals surface area contributed by atoms with Crippen molar-refractivity contribution in [1.82, 2.24) is 0 Å². The zero-order valence-electron chi connectivity index (χ0n) is 9.88. The van der Waals surface area contributed by atoms with Crippen molar-refractivity contribution in [1.29, 1.82) is 0 Å². The highest BCUT2D eigenvalue weighted by atomic mass is 35.5. The number of hydrogen-bond donors (Lipinski definition) is 0. The Kier molecular flexibility index (Phi) is 4.21. The summed E-state index contributed by atoms with van der Waals surface area (Å²) in [7, 11) is 0. The molecule has 2 aromatic carbocycles. The molecule has 0 amide bonds. The smallest absolute Gasteiger partial charge is 0.134 e. The third kappa shape index (κ3) is 3.86. The van der Waals surface area contributed by atoms with E-state index in [4.69, 9.17) is 16.3 Å². The van der Waals surface area contributed by atoms with Gasteiger partial charge in [0.25, 0.3) is 0 Å². The molecule has 4 heteroatoms. The number of hydrogen-bond acceptors (Lipinski definition) is 3. The van der Waals surface area contributed by atoms with Gasteiger partial charge in [-0.3, -0.25) is 0 Å². The molecular weight excluding hydrogens is 264 g/mol. The Morgan fingerprint density at radius 1 is 1.16 bits per heavy atom. The van der Waals surface area contributed by atoms with E-state index in [0.717, 1.165) is 6.08 Å². The highest BCUT2D eigenvalue weighted by molar-refractivity contribution is 6.30. The van der Waals surface area contributed by atoms with Gasteiger partial charge in [0.15, 0.2) is 0 Å². The molecule has 0 aliphatic carbocycles. The first kappa shape index (κ1) is 13.2. The Balaban J connectivity index is 2.27. The molecule has 0 bridgehead atoms. The summed E-state index contributed by atoms with van der Waals surface area (Å²) in [5, 5.41) is 11.0. The number of ether oxygens (including phenoxy) is 1. The van der Waals surface area contributed by atoms with Gasteiger partial charge in [0.05, 0.1) is 5.97 Å². The van der Waals surface area contributed by atoms with Crippen molar-refractivity contribution in [2.24, 2.45) is 0 Å². The van der Waals surface area contributed by atoms with Crippen molar-refractivity contribution in [3.8, 4) is 11.5 Å². The van der Waals surface area contributed by atoms with E-state index in [2.05, 4.69) is 0 Å². The summed E-state index contributed by atoms with van der Waals surface area (Å²) >= 11 is 5.87. The van der Waals surface area contributed by atoms with Crippen molar-refractivity contribution in [3.63, 3.8) is 0 Å². The minimum absolute atomic E-state index is 0.544. The first-order valence-corrected chi connectivity index (χ1v) is 5.94. The molecule has 0 saturated carbocycles. The van der Waals surface area contributed by atoms with Crippen LogP contribution in [0.3, 0.4) is 0 Å². The van der Waals surface area contributed by atoms with Crippen LogP contribution in [0.4, 0.5) is 0 Å². The Morgan fingerprint density at radius 3 is 2.68 bits per heavy atom. The highest BCUT2D eigenvalue weighted by Gasteiger charge is 2.02. The van der Waals surface area contributed by atoms with Gasteiger partial charge in [-0.2, -0.15) is 0 Å². The summed E-state index contributed by atoms with van der Waals surface area (Å²) in [4.78, 5) is 10.4. The molecule has 2 rings (SSSR count). The number of carbonyl (C=O) groups excluding carboxylic acids is 1. The zero-order chi connectivity index (χ0) is 13.7. The second kappa shape index (κ2) is 6.07. The predicted octanol–water partition coefficient (Wildman–Crippen LogP) is 2.90. The molecule has 0 radical (unpaired) electrons. The minimum Gasteiger partial charge on any atom is -0.545 e. The lowest BCUT2D eigenvalue weighted by Gasteiger charge is -2.09. The molecule has 0 aromatic heterocycles. The molecule has 0 unspecified atom stereocenters. The predicted molar refractivity (Wildman–Crippen MR) is 72.0 cm³/mol. The van der Waals surface area contributed by atoms with Gasteiger partial charge in [-0.05, 0) is 36.4 Å². The quantitative estimate of drug-likeness (QED) is 0.805. The van der Waals surface area contributed by atoms with E-state index in [-0.39, 0.29) is 0 Å². The Labute approximate surface area is 115 Å². The van der Waals surface area contributed by atoms with Gasteiger partial charge in [-0.25, -0.2) is 0 Å². The lowest BCUT2D eigenvalue weighted by atomic mass is 10.2. The van der Waals surface area contributed by atoms with E-state index in [9.17, 15) is 9.90 Å². The first-order valence-electron chi connectivity index (χ1n) is 5.56. The molecule has 0 heterocycles. The monoisotopic (exact) mass is 273 g/mol. The van der Waals surface area contributed by atoms with E-state index >= 15 is 0 Å². The minimum atomic E-state index is -1.25. The molecule has 96 valence electrons. The van der Waals surface area contributed by atoms with E-state index in [1.807, 2.05) is 0 Å². The number of aliphatic carboxylic acids is 1. The van der Waals surface area contributed by atoms with E-state index in [0.29, 0.717) is 22.1 Å². The average molecular weight is 274 g/mol. The SMILES string of the molecule is O=C([O-])/C=C/c1ccccc1Oc1cccc(Cl)c1. The van der Waals surface area contributed by atoms with E-state index in [1.54, 1.807) is 48.5 Å². The van der Waals surface area contributed by atoms with Crippen LogP contribution in [0.2, 0.25) is 5.02 Å². The average Bonchev–Trinajstić information content (AvgIpc) is 2.38. The summed E-state index contributed by atoms with van der Waals surface area (Å²) in [6.45, 7) is 0. The Bertz CT molecular complexity index is 620. The molecule has 0 spiro atoms. The van der Waals surface area contributed by atoms with Gasteiger partial charge in [0.2, 0.25) is 0 Å². The van der Waals surface area contributed by atoms with Crippen LogP contribution in [0.15, 0.2) is 54.6 Å². The molecule has 0 atom stereocenters. The summed E-state index contributed by atoms with van der Waals surface area (Å²) in [6, 6.07) is 14.1. The van der Waals surface area contributed by atoms with Crippen LogP contribution in [0.1, 0.15) is 5.56 Å². The Morgan fingerprint density at radius 2 is 1.95 bits per heavy atom. The topological polar surface area (TPSA) is 49.4 Å². The number of carbonyl (C=O) groups is 1. The summed E-state index contributed by atoms with van der Waals surface area (Å²) in [5.74, 6) is -0.123. The third-order valence-electron chi connectivity index (χ3n) is 2.34. The number of carboxylic acids is 1. The van der Waals surface area contributed by atoms with Gasteiger partial charge < -0.3 is 14.6 Å². The maximum Gasteiger partial charge on any atom is 0.134 e. The van der Waals surface area contributed by atoms with Gasteiger partial charge >= 0.3 is 0 Å². The summed E-state index contributed by atoms with van der Waals surface area (Å²) in [5.41, 5.74) is 0.645. The van der Waals surface area contributed by atoms with Crippen LogP contribution in [-0.2, 0) is 4.79 Å². The molecule has 2 aromatic rings. The maximum atomic E-state index is 10.4. The lowest BCUT2D eigenvalue weighted by Crippen LogP contribution is -2.18. The molecule has 0 fully saturated rings. The van der Waals surface area contributed by atoms with Gasteiger partial charge in [0.1, 0.15) is 11.5 Å². The van der Waals surface area contributed by atoms with Crippen LogP contribution in [0.25, 0.3) is 6.08 Å². The summed E-state index contributed by atoms with van der Waals surface area (Å²) in [6.07, 6.45) is 2.38. The van der Waals surface area contributed by atoms with Crippen molar-refractivity contribution in [2.75, 3.05) is 0 Å². The maximum absolute atomic E-state index is 10.4. The Hall–Kier alpha value is -2.26. The number of benzene rings is 2. The standard InChI is InChI=1S/C15H11ClO3/c16-12-5-3-6-13(10-12)19-14-7-2-1-4-11(14)8-9-15(17)18/h1-10H,(H,17,18)/p-1/b9-8+. The van der Waals surface area contributed by atoms with Crippen molar-refractivity contribution in [3.05, 3.63) is 65.2 Å². The van der Waals surface area contributed by atoms with Gasteiger partial charge in [-0.15, -0.1) is 0 Å². The number of rotatable bonds is 4. The largest absolute Gasteiger partial charge is 0.545 e. The molecule has 19 heavy (non-hydrogen) atoms. The van der Waals surface area contributed by atoms with E-state index in [1.165, 1.54) is 6.08 Å². The molecule has 0 aliphatic rings. The second-order valence-corrected chi connectivity index (χ2v) is 4.19. The molecule has 0 saturated heterocycles. The fourth-order valence-corrected chi connectivity index (χ4v) is 1.71. The first-order chi connectivity index (χ1) is 9.15. The van der Waals surface area contributed by atoms with Gasteiger partial charge in [-0.1, -0.05) is 35.9 Å². The van der Waals surface area contributed by atoms with E-state index < -0.39 is 5.97 Å². The van der Waals surface area contributed by atoms with Crippen molar-refractivity contribution >= 4 is 23.6 Å². The normalized spacial score (nSPS) is 10.6. The summed E-state index contributed by atoms with van der Waals surface area (Å²) < 4.78 is 5.67. The lowest BCUT2D eigenvalue weighted by molar-refractivity contribution is -0.297. The molecule has 0 aliphatic heterocycles. The van der Waals surface area contributed by atoms with Crippen LogP contribution in [-0.4, -0.2) is 5.97 Å². The van der Waals surface area contributed by atoms with Crippen LogP contribution in [0, 0.1) is 0 Å². The highest BCUT2D eigenvalue weighted by Crippen LogP contribution is 2.27. The number of carboxylic acid groups (broad SMARTS) is 1. The van der Waals surface area contributed by atoms with Crippen molar-refractivity contribution < 1.29 is 14.6 Å². The zero-order valence-corrected chi connectivity index (χ0v) is 10.6. The molecule has 0 N–H and O–H groups in total. The molecular formula is C15H10ClO3-. The van der Waals surface area contributed by atoms with Gasteiger partial charge in [0, 0.05) is 10.6 Å². The fraction of sp³-hybridized carbons (Fsp3) is 0.